The molecule has 0 atom stereocenters. The van der Waals surface area contributed by atoms with Crippen LogP contribution in [0.1, 0.15) is 5.56 Å². The molecule has 2 aromatic heterocycles. The van der Waals surface area contributed by atoms with Crippen molar-refractivity contribution in [1.29, 1.82) is 0 Å². The van der Waals surface area contributed by atoms with Crippen molar-refractivity contribution in [2.24, 2.45) is 0 Å². The Morgan fingerprint density at radius 3 is 3.00 bits per heavy atom. The quantitative estimate of drug-likeness (QED) is 0.549. The first-order chi connectivity index (χ1) is 10.2. The third kappa shape index (κ3) is 2.80. The van der Waals surface area contributed by atoms with E-state index in [1.54, 1.807) is 18.0 Å². The van der Waals surface area contributed by atoms with E-state index in [9.17, 15) is 4.39 Å². The summed E-state index contributed by atoms with van der Waals surface area (Å²) in [6.07, 6.45) is 1.48. The van der Waals surface area contributed by atoms with Gasteiger partial charge in [0.25, 0.3) is 0 Å². The van der Waals surface area contributed by atoms with E-state index in [1.165, 1.54) is 0 Å². The maximum atomic E-state index is 13.3. The van der Waals surface area contributed by atoms with Gasteiger partial charge in [-0.15, -0.1) is 0 Å². The normalized spacial score (nSPS) is 11.0. The fourth-order valence-corrected chi connectivity index (χ4v) is 2.33. The van der Waals surface area contributed by atoms with Crippen LogP contribution in [0.5, 0.6) is 5.75 Å². The fraction of sp³-hybridized carbons (Fsp3) is 0.214. The average Bonchev–Trinajstić information content (AvgIpc) is 2.88. The van der Waals surface area contributed by atoms with E-state index in [4.69, 9.17) is 16.3 Å². The minimum atomic E-state index is -0.851. The highest BCUT2D eigenvalue weighted by Gasteiger charge is 2.11. The Hall–Kier alpha value is -2.21. The average molecular weight is 307 g/mol. The number of halogens is 2. The minimum absolute atomic E-state index is 0.0256. The Morgan fingerprint density at radius 2 is 2.19 bits per heavy atom. The molecule has 3 aromatic rings. The Bertz CT molecular complexity index is 790. The highest BCUT2D eigenvalue weighted by atomic mass is 35.5. The molecule has 0 spiro atoms. The summed E-state index contributed by atoms with van der Waals surface area (Å²) in [7, 11) is 1.63. The predicted molar refractivity (Wildman–Crippen MR) is 77.0 cm³/mol. The van der Waals surface area contributed by atoms with Crippen molar-refractivity contribution in [3.8, 4) is 5.75 Å². The van der Waals surface area contributed by atoms with Crippen LogP contribution < -0.4 is 4.74 Å². The van der Waals surface area contributed by atoms with Crippen LogP contribution in [0.25, 0.3) is 11.2 Å². The lowest BCUT2D eigenvalue weighted by Crippen LogP contribution is -2.02. The molecule has 0 unspecified atom stereocenters. The molecule has 7 heteroatoms. The fourth-order valence-electron chi connectivity index (χ4n) is 2.13. The number of aromatic nitrogens is 4. The van der Waals surface area contributed by atoms with E-state index in [0.717, 1.165) is 17.7 Å². The molecule has 0 radical (unpaired) electrons. The predicted octanol–water partition coefficient (Wildman–Crippen LogP) is 2.87. The van der Waals surface area contributed by atoms with Gasteiger partial charge in [0.05, 0.1) is 13.4 Å². The summed E-state index contributed by atoms with van der Waals surface area (Å²) < 4.78 is 20.2. The Kier molecular flexibility index (Phi) is 3.70. The van der Waals surface area contributed by atoms with E-state index < -0.39 is 6.08 Å². The van der Waals surface area contributed by atoms with Gasteiger partial charge in [0, 0.05) is 6.54 Å². The number of ether oxygens (including phenoxy) is 1. The molecule has 0 fully saturated rings. The van der Waals surface area contributed by atoms with Gasteiger partial charge in [0.2, 0.25) is 0 Å². The number of aryl methyl sites for hydroxylation is 2. The van der Waals surface area contributed by atoms with Gasteiger partial charge < -0.3 is 9.30 Å². The highest BCUT2D eigenvalue weighted by Crippen LogP contribution is 2.19. The summed E-state index contributed by atoms with van der Waals surface area (Å²) in [5.74, 6) is 0.805. The zero-order valence-corrected chi connectivity index (χ0v) is 12.0. The molecule has 0 saturated heterocycles. The van der Waals surface area contributed by atoms with Crippen molar-refractivity contribution in [2.75, 3.05) is 7.11 Å². The van der Waals surface area contributed by atoms with E-state index in [0.29, 0.717) is 17.7 Å². The molecule has 0 aliphatic carbocycles. The first-order valence-corrected chi connectivity index (χ1v) is 6.72. The smallest absolute Gasteiger partial charge is 0.312 e. The molecular formula is C14H12ClFN4O. The topological polar surface area (TPSA) is 52.8 Å². The van der Waals surface area contributed by atoms with Gasteiger partial charge in [-0.3, -0.25) is 0 Å². The Balaban J connectivity index is 1.85. The molecule has 0 bridgehead atoms. The van der Waals surface area contributed by atoms with E-state index >= 15 is 0 Å². The summed E-state index contributed by atoms with van der Waals surface area (Å²) in [5.41, 5.74) is 1.91. The minimum Gasteiger partial charge on any atom is -0.497 e. The third-order valence-corrected chi connectivity index (χ3v) is 3.43. The van der Waals surface area contributed by atoms with E-state index in [-0.39, 0.29) is 5.15 Å². The lowest BCUT2D eigenvalue weighted by atomic mass is 10.1. The van der Waals surface area contributed by atoms with Crippen LogP contribution in [-0.4, -0.2) is 26.6 Å². The number of imidazole rings is 1. The summed E-state index contributed by atoms with van der Waals surface area (Å²) >= 11 is 5.85. The summed E-state index contributed by atoms with van der Waals surface area (Å²) in [6.45, 7) is 0.608. The van der Waals surface area contributed by atoms with Gasteiger partial charge in [0.1, 0.15) is 11.3 Å². The van der Waals surface area contributed by atoms with Crippen molar-refractivity contribution in [2.45, 2.75) is 13.0 Å². The molecule has 0 amide bonds. The number of benzene rings is 1. The molecule has 0 N–H and O–H groups in total. The van der Waals surface area contributed by atoms with Gasteiger partial charge in [-0.05, 0) is 24.1 Å². The summed E-state index contributed by atoms with van der Waals surface area (Å²) in [6, 6.07) is 7.78. The molecule has 0 aliphatic rings. The van der Waals surface area contributed by atoms with Crippen LogP contribution in [0, 0.1) is 6.08 Å². The monoisotopic (exact) mass is 306 g/mol. The molecule has 0 saturated carbocycles. The number of nitrogens with zero attached hydrogens (tertiary/aromatic N) is 4. The number of fused-ring (bicyclic) bond motifs is 1. The second-order valence-electron chi connectivity index (χ2n) is 4.50. The first kappa shape index (κ1) is 13.8. The third-order valence-electron chi connectivity index (χ3n) is 3.17. The molecule has 2 heterocycles. The summed E-state index contributed by atoms with van der Waals surface area (Å²) in [5, 5.41) is 0.0256. The van der Waals surface area contributed by atoms with Crippen LogP contribution in [0.4, 0.5) is 4.39 Å². The number of methoxy groups -OCH3 is 1. The molecule has 1 aromatic carbocycles. The number of rotatable bonds is 4. The summed E-state index contributed by atoms with van der Waals surface area (Å²) in [4.78, 5) is 11.3. The zero-order chi connectivity index (χ0) is 14.8. The molecule has 3 rings (SSSR count). The van der Waals surface area contributed by atoms with Gasteiger partial charge in [0.15, 0.2) is 10.8 Å². The Morgan fingerprint density at radius 1 is 1.33 bits per heavy atom. The second kappa shape index (κ2) is 5.65. The zero-order valence-electron chi connectivity index (χ0n) is 11.3. The lowest BCUT2D eigenvalue weighted by molar-refractivity contribution is 0.414. The van der Waals surface area contributed by atoms with E-state index in [2.05, 4.69) is 15.0 Å². The van der Waals surface area contributed by atoms with Gasteiger partial charge in [-0.1, -0.05) is 23.7 Å². The largest absolute Gasteiger partial charge is 0.497 e. The number of hydrogen-bond donors (Lipinski definition) is 0. The maximum absolute atomic E-state index is 13.3. The van der Waals surface area contributed by atoms with Crippen LogP contribution in [0.2, 0.25) is 5.15 Å². The first-order valence-electron chi connectivity index (χ1n) is 6.34. The Labute approximate surface area is 125 Å². The van der Waals surface area contributed by atoms with Crippen molar-refractivity contribution in [3.63, 3.8) is 0 Å². The van der Waals surface area contributed by atoms with Crippen molar-refractivity contribution in [3.05, 3.63) is 47.4 Å². The lowest BCUT2D eigenvalue weighted by Gasteiger charge is -2.06. The van der Waals surface area contributed by atoms with Crippen molar-refractivity contribution < 1.29 is 9.13 Å². The van der Waals surface area contributed by atoms with Gasteiger partial charge in [-0.25, -0.2) is 4.98 Å². The van der Waals surface area contributed by atoms with E-state index in [1.807, 2.05) is 24.3 Å². The number of hydrogen-bond acceptors (Lipinski definition) is 4. The van der Waals surface area contributed by atoms with Crippen LogP contribution >= 0.6 is 11.6 Å². The maximum Gasteiger partial charge on any atom is 0.312 e. The van der Waals surface area contributed by atoms with Crippen LogP contribution in [0.15, 0.2) is 30.6 Å². The standard InChI is InChI=1S/C14H12ClFN4O/c1-21-10-4-2-3-9(7-10)5-6-20-8-17-11-12(15)18-14(16)19-13(11)20/h2-4,7-8H,5-6H2,1H3. The van der Waals surface area contributed by atoms with Crippen LogP contribution in [-0.2, 0) is 13.0 Å². The molecule has 5 nitrogen and oxygen atoms in total. The SMILES string of the molecule is COc1cccc(CCn2cnc3c(Cl)nc(F)nc32)c1. The van der Waals surface area contributed by atoms with Gasteiger partial charge >= 0.3 is 6.08 Å². The van der Waals surface area contributed by atoms with Crippen molar-refractivity contribution in [1.82, 2.24) is 19.5 Å². The molecule has 108 valence electrons. The van der Waals surface area contributed by atoms with Crippen LogP contribution in [0.3, 0.4) is 0 Å². The second-order valence-corrected chi connectivity index (χ2v) is 4.85. The van der Waals surface area contributed by atoms with Gasteiger partial charge in [-0.2, -0.15) is 14.4 Å². The molecular weight excluding hydrogens is 295 g/mol. The molecule has 0 aliphatic heterocycles. The molecule has 21 heavy (non-hydrogen) atoms. The highest BCUT2D eigenvalue weighted by molar-refractivity contribution is 6.33. The van der Waals surface area contributed by atoms with Crippen molar-refractivity contribution >= 4 is 22.8 Å².